The molecule has 0 heterocycles. The van der Waals surface area contributed by atoms with E-state index in [1.54, 1.807) is 7.11 Å². The van der Waals surface area contributed by atoms with Gasteiger partial charge in [-0.3, -0.25) is 0 Å². The number of hydrogen-bond acceptors (Lipinski definition) is 2. The summed E-state index contributed by atoms with van der Waals surface area (Å²) in [5.74, 6) is 0.916. The van der Waals surface area contributed by atoms with Crippen molar-refractivity contribution >= 4 is 0 Å². The van der Waals surface area contributed by atoms with Crippen molar-refractivity contribution in [2.45, 2.75) is 25.4 Å². The number of aliphatic hydroxyl groups is 1. The Labute approximate surface area is 90.9 Å². The van der Waals surface area contributed by atoms with E-state index in [1.165, 1.54) is 24.8 Å². The van der Waals surface area contributed by atoms with Gasteiger partial charge in [0.15, 0.2) is 0 Å². The molecule has 15 heavy (non-hydrogen) atoms. The molecule has 0 aliphatic heterocycles. The van der Waals surface area contributed by atoms with E-state index in [4.69, 9.17) is 4.74 Å². The molecule has 0 aromatic heterocycles. The van der Waals surface area contributed by atoms with Crippen LogP contribution in [0.3, 0.4) is 0 Å². The molecule has 0 radical (unpaired) electrons. The van der Waals surface area contributed by atoms with Crippen LogP contribution in [-0.4, -0.2) is 18.8 Å². The summed E-state index contributed by atoms with van der Waals surface area (Å²) in [5.41, 5.74) is 2.32. The average molecular weight is 206 g/mol. The largest absolute Gasteiger partial charge is 0.386 e. The summed E-state index contributed by atoms with van der Waals surface area (Å²) in [4.78, 5) is 0. The molecule has 1 aromatic carbocycles. The van der Waals surface area contributed by atoms with Crippen LogP contribution in [0.15, 0.2) is 24.3 Å². The van der Waals surface area contributed by atoms with Gasteiger partial charge >= 0.3 is 0 Å². The molecule has 1 aromatic rings. The minimum Gasteiger partial charge on any atom is -0.386 e. The van der Waals surface area contributed by atoms with Crippen molar-refractivity contribution in [2.75, 3.05) is 13.7 Å². The van der Waals surface area contributed by atoms with Gasteiger partial charge < -0.3 is 9.84 Å². The quantitative estimate of drug-likeness (QED) is 0.801. The van der Waals surface area contributed by atoms with Crippen LogP contribution < -0.4 is 0 Å². The highest BCUT2D eigenvalue weighted by molar-refractivity contribution is 5.25. The first-order valence-electron chi connectivity index (χ1n) is 5.55. The normalized spacial score (nSPS) is 17.7. The van der Waals surface area contributed by atoms with Crippen LogP contribution in [0.2, 0.25) is 0 Å². The number of hydrogen-bond donors (Lipinski definition) is 1. The Morgan fingerprint density at radius 3 is 2.53 bits per heavy atom. The van der Waals surface area contributed by atoms with Crippen molar-refractivity contribution in [1.29, 1.82) is 0 Å². The summed E-state index contributed by atoms with van der Waals surface area (Å²) in [6.45, 7) is 0.363. The lowest BCUT2D eigenvalue weighted by Gasteiger charge is -2.10. The highest BCUT2D eigenvalue weighted by Gasteiger charge is 2.21. The fraction of sp³-hybridized carbons (Fsp3) is 0.538. The lowest BCUT2D eigenvalue weighted by molar-refractivity contribution is 0.0644. The summed E-state index contributed by atoms with van der Waals surface area (Å²) >= 11 is 0. The fourth-order valence-electron chi connectivity index (χ4n) is 1.79. The molecule has 0 bridgehead atoms. The Balaban J connectivity index is 1.95. The second kappa shape index (κ2) is 4.77. The zero-order valence-electron chi connectivity index (χ0n) is 9.15. The number of rotatable bonds is 5. The molecule has 2 heteroatoms. The molecular weight excluding hydrogens is 188 g/mol. The van der Waals surface area contributed by atoms with Gasteiger partial charge in [0.25, 0.3) is 0 Å². The Bertz CT molecular complexity index is 301. The topological polar surface area (TPSA) is 29.5 Å². The molecule has 82 valence electrons. The van der Waals surface area contributed by atoms with Gasteiger partial charge in [0.2, 0.25) is 0 Å². The summed E-state index contributed by atoms with van der Waals surface area (Å²) < 4.78 is 4.91. The smallest absolute Gasteiger partial charge is 0.102 e. The zero-order chi connectivity index (χ0) is 10.7. The maximum atomic E-state index is 9.68. The zero-order valence-corrected chi connectivity index (χ0v) is 9.15. The van der Waals surface area contributed by atoms with Crippen LogP contribution in [0.5, 0.6) is 0 Å². The minimum absolute atomic E-state index is 0.363. The standard InChI is InChI=1S/C13H18O2/c1-15-9-13(14)12-6-4-11(5-7-12)8-10-2-3-10/h4-7,10,13-14H,2-3,8-9H2,1H3/t13-/m1/s1. The Kier molecular flexibility index (Phi) is 3.39. The van der Waals surface area contributed by atoms with Crippen molar-refractivity contribution in [2.24, 2.45) is 5.92 Å². The van der Waals surface area contributed by atoms with Crippen LogP contribution in [0.25, 0.3) is 0 Å². The molecule has 1 saturated carbocycles. The van der Waals surface area contributed by atoms with Gasteiger partial charge in [-0.2, -0.15) is 0 Å². The number of methoxy groups -OCH3 is 1. The monoisotopic (exact) mass is 206 g/mol. The molecule has 0 saturated heterocycles. The molecule has 1 N–H and O–H groups in total. The Morgan fingerprint density at radius 2 is 2.00 bits per heavy atom. The van der Waals surface area contributed by atoms with Crippen molar-refractivity contribution in [3.8, 4) is 0 Å². The average Bonchev–Trinajstić information content (AvgIpc) is 3.03. The first-order chi connectivity index (χ1) is 7.29. The van der Waals surface area contributed by atoms with Gasteiger partial charge in [0.05, 0.1) is 6.61 Å². The van der Waals surface area contributed by atoms with E-state index in [2.05, 4.69) is 12.1 Å². The van der Waals surface area contributed by atoms with E-state index in [0.29, 0.717) is 6.61 Å². The van der Waals surface area contributed by atoms with E-state index in [9.17, 15) is 5.11 Å². The van der Waals surface area contributed by atoms with Crippen molar-refractivity contribution < 1.29 is 9.84 Å². The number of aliphatic hydroxyl groups excluding tert-OH is 1. The molecule has 0 amide bonds. The summed E-state index contributed by atoms with van der Waals surface area (Å²) in [6, 6.07) is 8.24. The predicted octanol–water partition coefficient (Wildman–Crippen LogP) is 2.32. The predicted molar refractivity (Wildman–Crippen MR) is 59.7 cm³/mol. The summed E-state index contributed by atoms with van der Waals surface area (Å²) in [5, 5.41) is 9.68. The second-order valence-electron chi connectivity index (χ2n) is 4.36. The lowest BCUT2D eigenvalue weighted by atomic mass is 10.0. The highest BCUT2D eigenvalue weighted by atomic mass is 16.5. The molecule has 1 aliphatic rings. The minimum atomic E-state index is -0.495. The SMILES string of the molecule is COC[C@@H](O)c1ccc(CC2CC2)cc1. The number of ether oxygens (including phenoxy) is 1. The fourth-order valence-corrected chi connectivity index (χ4v) is 1.79. The van der Waals surface area contributed by atoms with Crippen LogP contribution in [-0.2, 0) is 11.2 Å². The van der Waals surface area contributed by atoms with Gasteiger partial charge in [-0.25, -0.2) is 0 Å². The molecule has 0 spiro atoms. The van der Waals surface area contributed by atoms with Crippen LogP contribution in [0.4, 0.5) is 0 Å². The Morgan fingerprint density at radius 1 is 1.33 bits per heavy atom. The summed E-state index contributed by atoms with van der Waals surface area (Å²) in [7, 11) is 1.60. The van der Waals surface area contributed by atoms with Gasteiger partial charge in [0, 0.05) is 7.11 Å². The van der Waals surface area contributed by atoms with Gasteiger partial charge in [-0.15, -0.1) is 0 Å². The van der Waals surface area contributed by atoms with Crippen LogP contribution in [0.1, 0.15) is 30.1 Å². The van der Waals surface area contributed by atoms with E-state index < -0.39 is 6.10 Å². The molecule has 0 unspecified atom stereocenters. The van der Waals surface area contributed by atoms with E-state index in [0.717, 1.165) is 11.5 Å². The highest BCUT2D eigenvalue weighted by Crippen LogP contribution is 2.32. The van der Waals surface area contributed by atoms with Crippen molar-refractivity contribution in [1.82, 2.24) is 0 Å². The van der Waals surface area contributed by atoms with Crippen LogP contribution >= 0.6 is 0 Å². The van der Waals surface area contributed by atoms with E-state index >= 15 is 0 Å². The maximum absolute atomic E-state index is 9.68. The van der Waals surface area contributed by atoms with E-state index in [-0.39, 0.29) is 0 Å². The van der Waals surface area contributed by atoms with Gasteiger partial charge in [0.1, 0.15) is 6.10 Å². The Hall–Kier alpha value is -0.860. The first kappa shape index (κ1) is 10.7. The van der Waals surface area contributed by atoms with Crippen molar-refractivity contribution in [3.05, 3.63) is 35.4 Å². The van der Waals surface area contributed by atoms with E-state index in [1.807, 2.05) is 12.1 Å². The third-order valence-electron chi connectivity index (χ3n) is 2.91. The first-order valence-corrected chi connectivity index (χ1v) is 5.55. The molecular formula is C13H18O2. The van der Waals surface area contributed by atoms with Crippen LogP contribution in [0, 0.1) is 5.92 Å². The van der Waals surface area contributed by atoms with Gasteiger partial charge in [-0.05, 0) is 36.3 Å². The molecule has 1 fully saturated rings. The molecule has 2 rings (SSSR count). The van der Waals surface area contributed by atoms with Gasteiger partial charge in [-0.1, -0.05) is 24.3 Å². The third kappa shape index (κ3) is 3.05. The van der Waals surface area contributed by atoms with Crippen molar-refractivity contribution in [3.63, 3.8) is 0 Å². The second-order valence-corrected chi connectivity index (χ2v) is 4.36. The maximum Gasteiger partial charge on any atom is 0.102 e. The molecule has 2 nitrogen and oxygen atoms in total. The molecule has 1 atom stereocenters. The lowest BCUT2D eigenvalue weighted by Crippen LogP contribution is -2.04. The third-order valence-corrected chi connectivity index (χ3v) is 2.91. The number of benzene rings is 1. The molecule has 1 aliphatic carbocycles. The summed E-state index contributed by atoms with van der Waals surface area (Å²) in [6.07, 6.45) is 3.47.